The summed E-state index contributed by atoms with van der Waals surface area (Å²) in [5.41, 5.74) is 0. The van der Waals surface area contributed by atoms with Crippen molar-refractivity contribution in [2.75, 3.05) is 6.61 Å². The predicted octanol–water partition coefficient (Wildman–Crippen LogP) is 2.18. The van der Waals surface area contributed by atoms with Gasteiger partial charge >= 0.3 is 23.1 Å². The molecule has 0 aliphatic carbocycles. The molecule has 0 spiro atoms. The molecule has 0 amide bonds. The molecule has 0 bridgehead atoms. The Kier molecular flexibility index (Phi) is 16.5. The second-order valence-electron chi connectivity index (χ2n) is 2.49. The van der Waals surface area contributed by atoms with Crippen LogP contribution in [0.4, 0.5) is 0 Å². The van der Waals surface area contributed by atoms with Crippen molar-refractivity contribution < 1.29 is 7.96 Å². The van der Waals surface area contributed by atoms with E-state index in [1.54, 1.807) is 0 Å². The van der Waals surface area contributed by atoms with Gasteiger partial charge in [-0.05, 0) is 6.42 Å². The van der Waals surface area contributed by atoms with E-state index < -0.39 is 0 Å². The monoisotopic (exact) mass is 156 g/mol. The van der Waals surface area contributed by atoms with Crippen molar-refractivity contribution in [2.24, 2.45) is 0 Å². The van der Waals surface area contributed by atoms with Crippen LogP contribution in [0.15, 0.2) is 0 Å². The molecule has 0 saturated carbocycles. The SMILES string of the molecule is CCCCCCCCO.[H-].[H-].[Mg+2]. The molecule has 0 fully saturated rings. The van der Waals surface area contributed by atoms with E-state index >= 15 is 0 Å². The molecule has 0 radical (unpaired) electrons. The molecule has 2 heteroatoms. The Morgan fingerprint density at radius 1 is 1.00 bits per heavy atom. The minimum absolute atomic E-state index is 0. The van der Waals surface area contributed by atoms with Gasteiger partial charge in [-0.3, -0.25) is 0 Å². The molecular weight excluding hydrogens is 136 g/mol. The number of aliphatic hydroxyl groups is 1. The maximum Gasteiger partial charge on any atom is 2.00 e. The molecule has 10 heavy (non-hydrogen) atoms. The fraction of sp³-hybridized carbons (Fsp3) is 1.00. The van der Waals surface area contributed by atoms with Crippen LogP contribution in [0.25, 0.3) is 0 Å². The quantitative estimate of drug-likeness (QED) is 0.462. The smallest absolute Gasteiger partial charge is 1.00 e. The van der Waals surface area contributed by atoms with Crippen LogP contribution >= 0.6 is 0 Å². The van der Waals surface area contributed by atoms with Gasteiger partial charge in [0.25, 0.3) is 0 Å². The van der Waals surface area contributed by atoms with Gasteiger partial charge in [0.05, 0.1) is 0 Å². The van der Waals surface area contributed by atoms with Gasteiger partial charge in [-0.1, -0.05) is 39.0 Å². The second-order valence-corrected chi connectivity index (χ2v) is 2.49. The summed E-state index contributed by atoms with van der Waals surface area (Å²) in [4.78, 5) is 0. The van der Waals surface area contributed by atoms with E-state index in [9.17, 15) is 0 Å². The molecule has 0 unspecified atom stereocenters. The third-order valence-electron chi connectivity index (χ3n) is 1.51. The van der Waals surface area contributed by atoms with Crippen molar-refractivity contribution in [3.63, 3.8) is 0 Å². The van der Waals surface area contributed by atoms with Gasteiger partial charge in [-0.25, -0.2) is 0 Å². The second kappa shape index (κ2) is 12.4. The first-order valence-electron chi connectivity index (χ1n) is 4.02. The van der Waals surface area contributed by atoms with Crippen molar-refractivity contribution in [3.05, 3.63) is 0 Å². The Bertz CT molecular complexity index is 50.3. The third kappa shape index (κ3) is 11.5. The van der Waals surface area contributed by atoms with E-state index in [0.717, 1.165) is 6.42 Å². The Hall–Kier alpha value is 0.726. The minimum Gasteiger partial charge on any atom is -1.00 e. The summed E-state index contributed by atoms with van der Waals surface area (Å²) < 4.78 is 0. The number of unbranched alkanes of at least 4 members (excludes halogenated alkanes) is 5. The molecule has 1 nitrogen and oxygen atoms in total. The van der Waals surface area contributed by atoms with E-state index in [0.29, 0.717) is 6.61 Å². The summed E-state index contributed by atoms with van der Waals surface area (Å²) >= 11 is 0. The summed E-state index contributed by atoms with van der Waals surface area (Å²) in [6.45, 7) is 2.58. The Labute approximate surface area is 83.3 Å². The van der Waals surface area contributed by atoms with E-state index in [2.05, 4.69) is 6.92 Å². The standard InChI is InChI=1S/C8H18O.Mg.2H/c1-2-3-4-5-6-7-8-9;;;/h9H,2-8H2,1H3;;;/q;+2;2*-1. The van der Waals surface area contributed by atoms with Gasteiger partial charge in [0.2, 0.25) is 0 Å². The van der Waals surface area contributed by atoms with Crippen molar-refractivity contribution in [1.82, 2.24) is 0 Å². The number of rotatable bonds is 6. The van der Waals surface area contributed by atoms with E-state index in [-0.39, 0.29) is 25.9 Å². The molecule has 0 aromatic heterocycles. The fourth-order valence-electron chi connectivity index (χ4n) is 0.892. The Balaban J connectivity index is -0.000000107. The van der Waals surface area contributed by atoms with Crippen LogP contribution in [-0.2, 0) is 0 Å². The van der Waals surface area contributed by atoms with Gasteiger partial charge in [0, 0.05) is 6.61 Å². The molecule has 60 valence electrons. The zero-order valence-electron chi connectivity index (χ0n) is 9.10. The van der Waals surface area contributed by atoms with Crippen molar-refractivity contribution >= 4 is 23.1 Å². The van der Waals surface area contributed by atoms with Crippen LogP contribution in [0.2, 0.25) is 0 Å². The summed E-state index contributed by atoms with van der Waals surface area (Å²) in [5.74, 6) is 0. The summed E-state index contributed by atoms with van der Waals surface area (Å²) in [7, 11) is 0. The first kappa shape index (κ1) is 13.3. The zero-order valence-corrected chi connectivity index (χ0v) is 8.52. The van der Waals surface area contributed by atoms with Crippen LogP contribution in [0.5, 0.6) is 0 Å². The van der Waals surface area contributed by atoms with Gasteiger partial charge in [-0.15, -0.1) is 0 Å². The third-order valence-corrected chi connectivity index (χ3v) is 1.51. The number of aliphatic hydroxyl groups excluding tert-OH is 1. The van der Waals surface area contributed by atoms with Gasteiger partial charge in [0.15, 0.2) is 0 Å². The summed E-state index contributed by atoms with van der Waals surface area (Å²) in [6, 6.07) is 0. The number of hydrogen-bond acceptors (Lipinski definition) is 1. The Morgan fingerprint density at radius 3 is 2.00 bits per heavy atom. The first-order chi connectivity index (χ1) is 4.41. The molecule has 0 saturated heterocycles. The maximum atomic E-state index is 8.42. The molecule has 1 N–H and O–H groups in total. The largest absolute Gasteiger partial charge is 2.00 e. The molecule has 0 aromatic carbocycles. The molecule has 0 aliphatic rings. The minimum atomic E-state index is 0. The average Bonchev–Trinajstić information content (AvgIpc) is 1.89. The van der Waals surface area contributed by atoms with Gasteiger partial charge in [-0.2, -0.15) is 0 Å². The summed E-state index contributed by atoms with van der Waals surface area (Å²) in [5, 5.41) is 8.42. The molecule has 0 rings (SSSR count). The number of hydrogen-bond donors (Lipinski definition) is 1. The van der Waals surface area contributed by atoms with Gasteiger partial charge < -0.3 is 7.96 Å². The van der Waals surface area contributed by atoms with Crippen molar-refractivity contribution in [2.45, 2.75) is 45.4 Å². The fourth-order valence-corrected chi connectivity index (χ4v) is 0.892. The zero-order chi connectivity index (χ0) is 6.95. The molecule has 0 heterocycles. The van der Waals surface area contributed by atoms with E-state index in [1.807, 2.05) is 0 Å². The summed E-state index contributed by atoms with van der Waals surface area (Å²) in [6.07, 6.45) is 7.50. The van der Waals surface area contributed by atoms with Crippen LogP contribution in [-0.4, -0.2) is 34.8 Å². The first-order valence-corrected chi connectivity index (χ1v) is 4.02. The molecule has 0 atom stereocenters. The van der Waals surface area contributed by atoms with E-state index in [1.165, 1.54) is 32.1 Å². The van der Waals surface area contributed by atoms with Crippen LogP contribution < -0.4 is 0 Å². The topological polar surface area (TPSA) is 20.2 Å². The van der Waals surface area contributed by atoms with Crippen LogP contribution in [0.3, 0.4) is 0 Å². The van der Waals surface area contributed by atoms with Crippen molar-refractivity contribution in [3.8, 4) is 0 Å². The van der Waals surface area contributed by atoms with E-state index in [4.69, 9.17) is 5.11 Å². The maximum absolute atomic E-state index is 8.42. The Morgan fingerprint density at radius 2 is 1.50 bits per heavy atom. The average molecular weight is 157 g/mol. The molecule has 0 aliphatic heterocycles. The normalized spacial score (nSPS) is 9.00. The van der Waals surface area contributed by atoms with Crippen molar-refractivity contribution in [1.29, 1.82) is 0 Å². The van der Waals surface area contributed by atoms with Gasteiger partial charge in [0.1, 0.15) is 0 Å². The van der Waals surface area contributed by atoms with Crippen LogP contribution in [0.1, 0.15) is 48.3 Å². The predicted molar refractivity (Wildman–Crippen MR) is 48.4 cm³/mol. The molecule has 0 aromatic rings. The molecular formula is C8H20MgO. The van der Waals surface area contributed by atoms with Crippen LogP contribution in [0, 0.1) is 0 Å².